The molecule has 150 valence electrons. The Balaban J connectivity index is 1.37. The summed E-state index contributed by atoms with van der Waals surface area (Å²) in [6.07, 6.45) is 2.67. The lowest BCUT2D eigenvalue weighted by Crippen LogP contribution is -2.47. The Kier molecular flexibility index (Phi) is 3.77. The number of hydrogen-bond acceptors (Lipinski definition) is 7. The molecule has 0 bridgehead atoms. The van der Waals surface area contributed by atoms with Crippen LogP contribution in [0, 0.1) is 6.92 Å². The zero-order valence-electron chi connectivity index (χ0n) is 16.8. The number of ketones is 2. The molecule has 0 amide bonds. The highest BCUT2D eigenvalue weighted by Crippen LogP contribution is 2.30. The second kappa shape index (κ2) is 6.40. The van der Waals surface area contributed by atoms with Gasteiger partial charge in [0.05, 0.1) is 16.6 Å². The van der Waals surface area contributed by atoms with E-state index in [1.54, 1.807) is 19.1 Å². The zero-order valence-corrected chi connectivity index (χ0v) is 16.8. The molecule has 1 aliphatic heterocycles. The van der Waals surface area contributed by atoms with Crippen molar-refractivity contribution in [2.24, 2.45) is 0 Å². The highest BCUT2D eigenvalue weighted by atomic mass is 16.1. The minimum absolute atomic E-state index is 0.105. The van der Waals surface area contributed by atoms with Gasteiger partial charge in [0.1, 0.15) is 17.1 Å². The topological polar surface area (TPSA) is 79.3 Å². The second-order valence-electron chi connectivity index (χ2n) is 8.36. The van der Waals surface area contributed by atoms with E-state index >= 15 is 0 Å². The summed E-state index contributed by atoms with van der Waals surface area (Å²) >= 11 is 0. The van der Waals surface area contributed by atoms with Crippen LogP contribution in [0.5, 0.6) is 0 Å². The fourth-order valence-electron chi connectivity index (χ4n) is 4.49. The summed E-state index contributed by atoms with van der Waals surface area (Å²) in [7, 11) is 0. The molecule has 7 heteroatoms. The number of piperazine rings is 1. The molecule has 0 radical (unpaired) electrons. The van der Waals surface area contributed by atoms with Crippen molar-refractivity contribution in [2.75, 3.05) is 31.1 Å². The highest BCUT2D eigenvalue weighted by molar-refractivity contribution is 6.26. The van der Waals surface area contributed by atoms with Gasteiger partial charge in [0.15, 0.2) is 0 Å². The van der Waals surface area contributed by atoms with Gasteiger partial charge >= 0.3 is 0 Å². The molecule has 30 heavy (non-hydrogen) atoms. The first-order valence-corrected chi connectivity index (χ1v) is 10.5. The molecule has 0 N–H and O–H groups in total. The van der Waals surface area contributed by atoms with E-state index in [0.29, 0.717) is 22.3 Å². The largest absolute Gasteiger partial charge is 0.369 e. The molecule has 3 aromatic rings. The van der Waals surface area contributed by atoms with E-state index < -0.39 is 0 Å². The van der Waals surface area contributed by atoms with Gasteiger partial charge in [-0.2, -0.15) is 0 Å². The Bertz CT molecular complexity index is 1230. The van der Waals surface area contributed by atoms with Crippen LogP contribution in [0.3, 0.4) is 0 Å². The maximum atomic E-state index is 13.0. The number of fused-ring (bicyclic) bond motifs is 3. The predicted octanol–water partition coefficient (Wildman–Crippen LogP) is 2.39. The number of aromatic nitrogens is 3. The lowest BCUT2D eigenvalue weighted by atomic mass is 9.93. The minimum Gasteiger partial charge on any atom is -0.369 e. The first kappa shape index (κ1) is 17.7. The number of benzene rings is 1. The van der Waals surface area contributed by atoms with Crippen LogP contribution in [0.25, 0.3) is 11.0 Å². The molecule has 2 fully saturated rings. The number of nitrogens with zero attached hydrogens (tertiary/aromatic N) is 5. The third kappa shape index (κ3) is 2.73. The molecule has 1 aromatic carbocycles. The quantitative estimate of drug-likeness (QED) is 0.512. The summed E-state index contributed by atoms with van der Waals surface area (Å²) in [6, 6.07) is 10.1. The second-order valence-corrected chi connectivity index (χ2v) is 8.36. The van der Waals surface area contributed by atoms with Crippen LogP contribution in [-0.2, 0) is 0 Å². The molecule has 0 atom stereocenters. The summed E-state index contributed by atoms with van der Waals surface area (Å²) in [4.78, 5) is 44.2. The van der Waals surface area contributed by atoms with E-state index in [4.69, 9.17) is 0 Å². The Morgan fingerprint density at radius 2 is 1.53 bits per heavy atom. The van der Waals surface area contributed by atoms with Crippen molar-refractivity contribution in [3.8, 4) is 0 Å². The van der Waals surface area contributed by atoms with Crippen molar-refractivity contribution in [3.63, 3.8) is 0 Å². The summed E-state index contributed by atoms with van der Waals surface area (Å²) in [5.74, 6) is -0.622. The van der Waals surface area contributed by atoms with Crippen molar-refractivity contribution in [1.29, 1.82) is 0 Å². The summed E-state index contributed by atoms with van der Waals surface area (Å²) < 4.78 is 0. The maximum absolute atomic E-state index is 13.0. The predicted molar refractivity (Wildman–Crippen MR) is 112 cm³/mol. The number of anilines is 1. The van der Waals surface area contributed by atoms with E-state index in [-0.39, 0.29) is 28.6 Å². The van der Waals surface area contributed by atoms with Crippen LogP contribution in [0.4, 0.5) is 5.69 Å². The molecule has 0 spiro atoms. The maximum Gasteiger partial charge on any atom is 0.232 e. The Labute approximate surface area is 173 Å². The van der Waals surface area contributed by atoms with Gasteiger partial charge in [0.25, 0.3) is 0 Å². The Morgan fingerprint density at radius 1 is 0.800 bits per heavy atom. The lowest BCUT2D eigenvalue weighted by Gasteiger charge is -2.36. The van der Waals surface area contributed by atoms with Gasteiger partial charge in [0, 0.05) is 43.6 Å². The number of hydrogen-bond donors (Lipinski definition) is 0. The van der Waals surface area contributed by atoms with Crippen molar-refractivity contribution >= 4 is 28.3 Å². The number of rotatable bonds is 2. The molecule has 6 rings (SSSR count). The fourth-order valence-corrected chi connectivity index (χ4v) is 4.49. The van der Waals surface area contributed by atoms with Gasteiger partial charge in [-0.15, -0.1) is 0 Å². The van der Waals surface area contributed by atoms with Crippen LogP contribution in [0.1, 0.15) is 50.8 Å². The van der Waals surface area contributed by atoms with Crippen LogP contribution >= 0.6 is 0 Å². The lowest BCUT2D eigenvalue weighted by molar-refractivity contribution is 0.0968. The van der Waals surface area contributed by atoms with Crippen molar-refractivity contribution < 1.29 is 9.59 Å². The summed E-state index contributed by atoms with van der Waals surface area (Å²) in [6.45, 7) is 5.92. The minimum atomic E-state index is -0.332. The standard InChI is InChI=1S/C23H21N5O2/c1-13-2-6-16-19(24-13)23(30)21-20(22(16)29)25-17-7-5-15(12-18(17)26-21)28-10-8-27(9-11-28)14-3-4-14/h2,5-7,12,14H,3-4,8-11H2,1H3. The normalized spacial score (nSPS) is 19.2. The van der Waals surface area contributed by atoms with Crippen molar-refractivity contribution in [2.45, 2.75) is 25.8 Å². The third-order valence-electron chi connectivity index (χ3n) is 6.31. The molecule has 0 unspecified atom stereocenters. The molecule has 1 saturated carbocycles. The van der Waals surface area contributed by atoms with Gasteiger partial charge in [-0.25, -0.2) is 15.0 Å². The third-order valence-corrected chi connectivity index (χ3v) is 6.31. The molecular weight excluding hydrogens is 378 g/mol. The SMILES string of the molecule is Cc1ccc2c(n1)C(=O)c1nc3cc(N4CCN(C5CC5)CC4)ccc3nc1C2=O. The van der Waals surface area contributed by atoms with Crippen molar-refractivity contribution in [1.82, 2.24) is 19.9 Å². The summed E-state index contributed by atoms with van der Waals surface area (Å²) in [5.41, 5.74) is 3.73. The van der Waals surface area contributed by atoms with Crippen LogP contribution in [0.15, 0.2) is 30.3 Å². The number of pyridine rings is 1. The van der Waals surface area contributed by atoms with E-state index in [1.165, 1.54) is 12.8 Å². The smallest absolute Gasteiger partial charge is 0.232 e. The zero-order chi connectivity index (χ0) is 20.4. The number of carbonyl (C=O) groups excluding carboxylic acids is 2. The molecule has 7 nitrogen and oxygen atoms in total. The first-order valence-electron chi connectivity index (χ1n) is 10.5. The van der Waals surface area contributed by atoms with Crippen LogP contribution in [0.2, 0.25) is 0 Å². The fraction of sp³-hybridized carbons (Fsp3) is 0.348. The Morgan fingerprint density at radius 3 is 2.30 bits per heavy atom. The van der Waals surface area contributed by atoms with Crippen LogP contribution in [-0.4, -0.2) is 63.6 Å². The monoisotopic (exact) mass is 399 g/mol. The number of aryl methyl sites for hydroxylation is 1. The number of carbonyl (C=O) groups is 2. The van der Waals surface area contributed by atoms with E-state index in [2.05, 4.69) is 24.8 Å². The molecular formula is C23H21N5O2. The van der Waals surface area contributed by atoms with Gasteiger partial charge in [-0.05, 0) is 50.1 Å². The van der Waals surface area contributed by atoms with E-state index in [1.807, 2.05) is 18.2 Å². The Hall–Kier alpha value is -3.19. The molecule has 1 saturated heterocycles. The highest BCUT2D eigenvalue weighted by Gasteiger charge is 2.34. The van der Waals surface area contributed by atoms with Crippen molar-refractivity contribution in [3.05, 3.63) is 58.7 Å². The summed E-state index contributed by atoms with van der Waals surface area (Å²) in [5, 5.41) is 0. The van der Waals surface area contributed by atoms with E-state index in [9.17, 15) is 9.59 Å². The van der Waals surface area contributed by atoms with Gasteiger partial charge < -0.3 is 4.90 Å². The first-order chi connectivity index (χ1) is 14.6. The van der Waals surface area contributed by atoms with Crippen LogP contribution < -0.4 is 4.90 Å². The molecule has 3 heterocycles. The van der Waals surface area contributed by atoms with Gasteiger partial charge in [-0.1, -0.05) is 0 Å². The van der Waals surface area contributed by atoms with E-state index in [0.717, 1.165) is 37.9 Å². The molecule has 2 aromatic heterocycles. The molecule has 2 aliphatic carbocycles. The van der Waals surface area contributed by atoms with Gasteiger partial charge in [0.2, 0.25) is 11.6 Å². The molecule has 3 aliphatic rings. The van der Waals surface area contributed by atoms with Gasteiger partial charge in [-0.3, -0.25) is 14.5 Å². The average molecular weight is 399 g/mol. The average Bonchev–Trinajstić information content (AvgIpc) is 3.62.